The van der Waals surface area contributed by atoms with Crippen LogP contribution in [0.2, 0.25) is 5.02 Å². The van der Waals surface area contributed by atoms with Crippen LogP contribution < -0.4 is 15.4 Å². The van der Waals surface area contributed by atoms with Crippen molar-refractivity contribution in [2.24, 2.45) is 0 Å². The van der Waals surface area contributed by atoms with Crippen LogP contribution in [0.4, 0.5) is 5.69 Å². The number of hydrogen-bond donors (Lipinski definition) is 3. The zero-order chi connectivity index (χ0) is 20.2. The highest BCUT2D eigenvalue weighted by molar-refractivity contribution is 7.92. The van der Waals surface area contributed by atoms with Crippen LogP contribution in [0.25, 0.3) is 0 Å². The summed E-state index contributed by atoms with van der Waals surface area (Å²) in [6.07, 6.45) is 2.26. The van der Waals surface area contributed by atoms with Gasteiger partial charge in [0.1, 0.15) is 6.04 Å². The summed E-state index contributed by atoms with van der Waals surface area (Å²) in [5.74, 6) is -1.16. The number of likely N-dealkylation sites (tertiary alicyclic amines) is 1. The molecule has 0 radical (unpaired) electrons. The molecule has 9 nitrogen and oxygen atoms in total. The molecule has 11 heteroatoms. The number of sulfonamides is 1. The van der Waals surface area contributed by atoms with Gasteiger partial charge in [-0.05, 0) is 31.0 Å². The lowest BCUT2D eigenvalue weighted by molar-refractivity contribution is -0.137. The quantitative estimate of drug-likeness (QED) is 0.610. The van der Waals surface area contributed by atoms with Crippen LogP contribution >= 0.6 is 11.6 Å². The van der Waals surface area contributed by atoms with Gasteiger partial charge in [0, 0.05) is 19.2 Å². The Hall–Kier alpha value is -2.33. The third-order valence-electron chi connectivity index (χ3n) is 4.05. The van der Waals surface area contributed by atoms with Gasteiger partial charge in [-0.15, -0.1) is 0 Å². The van der Waals surface area contributed by atoms with E-state index in [4.69, 9.17) is 11.6 Å². The predicted octanol–water partition coefficient (Wildman–Crippen LogP) is 0.178. The molecule has 0 saturated carbocycles. The van der Waals surface area contributed by atoms with E-state index in [9.17, 15) is 22.8 Å². The Balaban J connectivity index is 2.02. The maximum atomic E-state index is 12.3. The first-order valence-electron chi connectivity index (χ1n) is 8.19. The SMILES string of the molecule is CNC(=O)C1CCCN1C(=O)CNC(=O)c1ccc(Cl)c(NS(C)(=O)=O)c1. The van der Waals surface area contributed by atoms with Crippen LogP contribution in [0.1, 0.15) is 23.2 Å². The summed E-state index contributed by atoms with van der Waals surface area (Å²) < 4.78 is 24.9. The summed E-state index contributed by atoms with van der Waals surface area (Å²) in [7, 11) is -2.05. The van der Waals surface area contributed by atoms with E-state index in [0.717, 1.165) is 12.7 Å². The monoisotopic (exact) mass is 416 g/mol. The fraction of sp³-hybridized carbons (Fsp3) is 0.438. The summed E-state index contributed by atoms with van der Waals surface area (Å²) in [5, 5.41) is 5.14. The minimum atomic E-state index is -3.56. The van der Waals surface area contributed by atoms with E-state index in [1.165, 1.54) is 30.1 Å². The number of anilines is 1. The number of carbonyl (C=O) groups excluding carboxylic acids is 3. The average Bonchev–Trinajstić information content (AvgIpc) is 3.09. The number of carbonyl (C=O) groups is 3. The molecule has 2 rings (SSSR count). The third-order valence-corrected chi connectivity index (χ3v) is 4.97. The van der Waals surface area contributed by atoms with E-state index in [2.05, 4.69) is 15.4 Å². The Morgan fingerprint density at radius 2 is 2.00 bits per heavy atom. The summed E-state index contributed by atoms with van der Waals surface area (Å²) in [4.78, 5) is 37.9. The Bertz CT molecular complexity index is 858. The number of halogens is 1. The molecule has 0 spiro atoms. The van der Waals surface area contributed by atoms with Gasteiger partial charge in [0.05, 0.1) is 23.5 Å². The molecular weight excluding hydrogens is 396 g/mol. The summed E-state index contributed by atoms with van der Waals surface area (Å²) in [6, 6.07) is 3.56. The Kier molecular flexibility index (Phi) is 6.66. The molecular formula is C16H21ClN4O5S. The molecule has 1 aromatic rings. The molecule has 0 aromatic heterocycles. The maximum Gasteiger partial charge on any atom is 0.251 e. The molecule has 27 heavy (non-hydrogen) atoms. The number of likely N-dealkylation sites (N-methyl/N-ethyl adjacent to an activating group) is 1. The third kappa shape index (κ3) is 5.57. The Morgan fingerprint density at radius 3 is 2.63 bits per heavy atom. The van der Waals surface area contributed by atoms with Crippen molar-refractivity contribution in [3.63, 3.8) is 0 Å². The highest BCUT2D eigenvalue weighted by Crippen LogP contribution is 2.24. The van der Waals surface area contributed by atoms with E-state index in [0.29, 0.717) is 13.0 Å². The topological polar surface area (TPSA) is 125 Å². The number of benzene rings is 1. The molecule has 1 heterocycles. The molecule has 1 fully saturated rings. The van der Waals surface area contributed by atoms with Gasteiger partial charge < -0.3 is 15.5 Å². The maximum absolute atomic E-state index is 12.3. The van der Waals surface area contributed by atoms with Crippen molar-refractivity contribution in [3.05, 3.63) is 28.8 Å². The first-order valence-corrected chi connectivity index (χ1v) is 10.5. The molecule has 1 unspecified atom stereocenters. The molecule has 3 amide bonds. The lowest BCUT2D eigenvalue weighted by Crippen LogP contribution is -2.48. The lowest BCUT2D eigenvalue weighted by atomic mass is 10.2. The van der Waals surface area contributed by atoms with Gasteiger partial charge in [0.25, 0.3) is 5.91 Å². The van der Waals surface area contributed by atoms with Crippen LogP contribution in [-0.2, 0) is 19.6 Å². The molecule has 0 bridgehead atoms. The van der Waals surface area contributed by atoms with E-state index < -0.39 is 22.0 Å². The van der Waals surface area contributed by atoms with Crippen molar-refractivity contribution in [3.8, 4) is 0 Å². The van der Waals surface area contributed by atoms with Crippen LogP contribution in [0.3, 0.4) is 0 Å². The standard InChI is InChI=1S/C16H21ClN4O5S/c1-18-16(24)13-4-3-7-21(13)14(22)9-19-15(23)10-5-6-11(17)12(8-10)20-27(2,25)26/h5-6,8,13,20H,3-4,7,9H2,1-2H3,(H,18,24)(H,19,23). The fourth-order valence-electron chi connectivity index (χ4n) is 2.81. The fourth-order valence-corrected chi connectivity index (χ4v) is 3.60. The normalized spacial score (nSPS) is 16.7. The Labute approximate surface area is 162 Å². The van der Waals surface area contributed by atoms with Gasteiger partial charge in [0.15, 0.2) is 0 Å². The van der Waals surface area contributed by atoms with Gasteiger partial charge in [-0.2, -0.15) is 0 Å². The highest BCUT2D eigenvalue weighted by atomic mass is 35.5. The van der Waals surface area contributed by atoms with E-state index in [1.54, 1.807) is 0 Å². The number of hydrogen-bond acceptors (Lipinski definition) is 5. The second kappa shape index (κ2) is 8.57. The molecule has 1 atom stereocenters. The zero-order valence-corrected chi connectivity index (χ0v) is 16.5. The van der Waals surface area contributed by atoms with Crippen molar-refractivity contribution in [1.29, 1.82) is 0 Å². The van der Waals surface area contributed by atoms with Gasteiger partial charge in [0.2, 0.25) is 21.8 Å². The van der Waals surface area contributed by atoms with Crippen LogP contribution in [0.5, 0.6) is 0 Å². The molecule has 0 aliphatic carbocycles. The zero-order valence-electron chi connectivity index (χ0n) is 14.9. The second-order valence-corrected chi connectivity index (χ2v) is 8.27. The van der Waals surface area contributed by atoms with Crippen molar-refractivity contribution in [2.45, 2.75) is 18.9 Å². The number of amides is 3. The summed E-state index contributed by atoms with van der Waals surface area (Å²) in [5.41, 5.74) is 0.208. The number of nitrogens with one attached hydrogen (secondary N) is 3. The minimum Gasteiger partial charge on any atom is -0.357 e. The molecule has 1 aliphatic rings. The van der Waals surface area contributed by atoms with Crippen molar-refractivity contribution in [2.75, 3.05) is 31.1 Å². The van der Waals surface area contributed by atoms with Crippen LogP contribution in [0.15, 0.2) is 18.2 Å². The van der Waals surface area contributed by atoms with Crippen molar-refractivity contribution >= 4 is 45.0 Å². The van der Waals surface area contributed by atoms with Crippen molar-refractivity contribution in [1.82, 2.24) is 15.5 Å². The molecule has 1 saturated heterocycles. The van der Waals surface area contributed by atoms with Crippen LogP contribution in [-0.4, -0.2) is 63.5 Å². The summed E-state index contributed by atoms with van der Waals surface area (Å²) in [6.45, 7) is 0.181. The molecule has 148 valence electrons. The second-order valence-electron chi connectivity index (χ2n) is 6.11. The van der Waals surface area contributed by atoms with E-state index >= 15 is 0 Å². The smallest absolute Gasteiger partial charge is 0.251 e. The molecule has 1 aromatic carbocycles. The first-order chi connectivity index (χ1) is 12.6. The van der Waals surface area contributed by atoms with E-state index in [1.807, 2.05) is 0 Å². The number of rotatable bonds is 6. The van der Waals surface area contributed by atoms with Gasteiger partial charge in [-0.1, -0.05) is 11.6 Å². The molecule has 3 N–H and O–H groups in total. The van der Waals surface area contributed by atoms with Gasteiger partial charge in [-0.3, -0.25) is 19.1 Å². The Morgan fingerprint density at radius 1 is 1.30 bits per heavy atom. The van der Waals surface area contributed by atoms with Crippen LogP contribution in [0, 0.1) is 0 Å². The van der Waals surface area contributed by atoms with Gasteiger partial charge in [-0.25, -0.2) is 8.42 Å². The van der Waals surface area contributed by atoms with E-state index in [-0.39, 0.29) is 34.6 Å². The lowest BCUT2D eigenvalue weighted by Gasteiger charge is -2.23. The number of nitrogens with zero attached hydrogens (tertiary/aromatic N) is 1. The highest BCUT2D eigenvalue weighted by Gasteiger charge is 2.33. The minimum absolute atomic E-state index is 0.0670. The molecule has 1 aliphatic heterocycles. The first kappa shape index (κ1) is 21.0. The van der Waals surface area contributed by atoms with Gasteiger partial charge >= 0.3 is 0 Å². The average molecular weight is 417 g/mol. The largest absolute Gasteiger partial charge is 0.357 e. The summed E-state index contributed by atoms with van der Waals surface area (Å²) >= 11 is 5.92. The predicted molar refractivity (Wildman–Crippen MR) is 101 cm³/mol. The van der Waals surface area contributed by atoms with Crippen molar-refractivity contribution < 1.29 is 22.8 Å².